The van der Waals surface area contributed by atoms with Gasteiger partial charge in [0.1, 0.15) is 0 Å². The topological polar surface area (TPSA) is 72.3 Å². The maximum atomic E-state index is 11.6. The zero-order valence-electron chi connectivity index (χ0n) is 6.15. The van der Waals surface area contributed by atoms with Crippen molar-refractivity contribution >= 4 is 5.97 Å². The molecule has 0 atom stereocenters. The Hall–Kier alpha value is -1.79. The Bertz CT molecular complexity index is 319. The summed E-state index contributed by atoms with van der Waals surface area (Å²) < 4.78 is 27.1. The molecule has 1 rings (SSSR count). The van der Waals surface area contributed by atoms with Gasteiger partial charge in [0.25, 0.3) is 0 Å². The van der Waals surface area contributed by atoms with Crippen molar-refractivity contribution in [3.05, 3.63) is 18.1 Å². The summed E-state index contributed by atoms with van der Waals surface area (Å²) in [7, 11) is 0. The molecule has 0 aliphatic heterocycles. The minimum Gasteiger partial charge on any atom is -0.476 e. The highest BCUT2D eigenvalue weighted by Gasteiger charge is 2.09. The van der Waals surface area contributed by atoms with Crippen LogP contribution in [0.15, 0.2) is 12.4 Å². The summed E-state index contributed by atoms with van der Waals surface area (Å²) in [5.41, 5.74) is -0.446. The Morgan fingerprint density at radius 2 is 2.23 bits per heavy atom. The van der Waals surface area contributed by atoms with Gasteiger partial charge in [-0.3, -0.25) is 4.98 Å². The van der Waals surface area contributed by atoms with Crippen LogP contribution >= 0.6 is 0 Å². The molecule has 0 unspecified atom stereocenters. The van der Waals surface area contributed by atoms with E-state index >= 15 is 0 Å². The van der Waals surface area contributed by atoms with E-state index in [2.05, 4.69) is 14.7 Å². The lowest BCUT2D eigenvalue weighted by atomic mass is 10.5. The summed E-state index contributed by atoms with van der Waals surface area (Å²) in [6, 6.07) is 0. The number of carbonyl (C=O) groups is 1. The van der Waals surface area contributed by atoms with Gasteiger partial charge in [-0.05, 0) is 0 Å². The molecule has 1 aromatic rings. The molecule has 70 valence electrons. The van der Waals surface area contributed by atoms with Crippen molar-refractivity contribution in [2.75, 3.05) is 0 Å². The fourth-order valence-corrected chi connectivity index (χ4v) is 0.599. The molecule has 1 heterocycles. The van der Waals surface area contributed by atoms with Crippen LogP contribution in [0.2, 0.25) is 0 Å². The first-order chi connectivity index (χ1) is 6.09. The second-order valence-electron chi connectivity index (χ2n) is 1.93. The zero-order chi connectivity index (χ0) is 9.84. The number of carboxylic acid groups (broad SMARTS) is 1. The molecule has 0 aliphatic rings. The molecule has 0 amide bonds. The van der Waals surface area contributed by atoms with Crippen molar-refractivity contribution in [2.24, 2.45) is 0 Å². The van der Waals surface area contributed by atoms with E-state index in [-0.39, 0.29) is 0 Å². The Kier molecular flexibility index (Phi) is 2.68. The number of ether oxygens (including phenoxy) is 1. The number of carboxylic acids is 1. The van der Waals surface area contributed by atoms with E-state index in [9.17, 15) is 13.6 Å². The normalized spacial score (nSPS) is 10.1. The molecule has 5 nitrogen and oxygen atoms in total. The maximum Gasteiger partial charge on any atom is 0.388 e. The fourth-order valence-electron chi connectivity index (χ4n) is 0.599. The molecular formula is C6H4F2N2O3. The monoisotopic (exact) mass is 190 g/mol. The van der Waals surface area contributed by atoms with Crippen molar-refractivity contribution in [3.8, 4) is 5.88 Å². The van der Waals surface area contributed by atoms with Crippen molar-refractivity contribution in [1.82, 2.24) is 9.97 Å². The minimum atomic E-state index is -3.04. The summed E-state index contributed by atoms with van der Waals surface area (Å²) in [6.07, 6.45) is 1.83. The highest BCUT2D eigenvalue weighted by Crippen LogP contribution is 2.08. The molecule has 0 radical (unpaired) electrons. The van der Waals surface area contributed by atoms with E-state index in [0.29, 0.717) is 0 Å². The number of rotatable bonds is 3. The quantitative estimate of drug-likeness (QED) is 0.762. The lowest BCUT2D eigenvalue weighted by Gasteiger charge is -2.01. The van der Waals surface area contributed by atoms with Crippen molar-refractivity contribution < 1.29 is 23.4 Å². The van der Waals surface area contributed by atoms with E-state index in [1.807, 2.05) is 0 Å². The smallest absolute Gasteiger partial charge is 0.388 e. The van der Waals surface area contributed by atoms with Gasteiger partial charge in [0.2, 0.25) is 5.88 Å². The second-order valence-corrected chi connectivity index (χ2v) is 1.93. The van der Waals surface area contributed by atoms with Crippen LogP contribution in [-0.2, 0) is 0 Å². The Morgan fingerprint density at radius 3 is 2.77 bits per heavy atom. The highest BCUT2D eigenvalue weighted by molar-refractivity contribution is 5.84. The van der Waals surface area contributed by atoms with Gasteiger partial charge in [-0.15, -0.1) is 0 Å². The standard InChI is InChI=1S/C6H4F2N2O3/c7-6(8)13-4-2-9-1-3(10-4)5(11)12/h1-2,6H,(H,11,12). The van der Waals surface area contributed by atoms with Gasteiger partial charge in [0, 0.05) is 0 Å². The second kappa shape index (κ2) is 3.74. The molecule has 13 heavy (non-hydrogen) atoms. The number of hydrogen-bond acceptors (Lipinski definition) is 4. The molecule has 0 fully saturated rings. The number of aromatic carboxylic acids is 1. The Balaban J connectivity index is 2.85. The number of aromatic nitrogens is 2. The van der Waals surface area contributed by atoms with Gasteiger partial charge in [-0.1, -0.05) is 0 Å². The summed E-state index contributed by atoms with van der Waals surface area (Å²) in [6.45, 7) is -3.04. The largest absolute Gasteiger partial charge is 0.476 e. The van der Waals surface area contributed by atoms with Gasteiger partial charge < -0.3 is 9.84 Å². The molecule has 0 spiro atoms. The lowest BCUT2D eigenvalue weighted by molar-refractivity contribution is -0.0532. The van der Waals surface area contributed by atoms with Crippen LogP contribution in [0.25, 0.3) is 0 Å². The van der Waals surface area contributed by atoms with Gasteiger partial charge in [0.05, 0.1) is 12.4 Å². The molecule has 0 aromatic carbocycles. The summed E-state index contributed by atoms with van der Waals surface area (Å²) in [5.74, 6) is -1.87. The molecule has 0 bridgehead atoms. The zero-order valence-corrected chi connectivity index (χ0v) is 6.15. The third kappa shape index (κ3) is 2.62. The first-order valence-corrected chi connectivity index (χ1v) is 3.09. The third-order valence-corrected chi connectivity index (χ3v) is 1.04. The van der Waals surface area contributed by atoms with E-state index in [0.717, 1.165) is 12.4 Å². The maximum absolute atomic E-state index is 11.6. The van der Waals surface area contributed by atoms with E-state index in [1.54, 1.807) is 0 Å². The SMILES string of the molecule is O=C(O)c1cncc(OC(F)F)n1. The molecule has 7 heteroatoms. The molecule has 1 N–H and O–H groups in total. The van der Waals surface area contributed by atoms with E-state index in [1.165, 1.54) is 0 Å². The molecule has 0 saturated carbocycles. The fraction of sp³-hybridized carbons (Fsp3) is 0.167. The average molecular weight is 190 g/mol. The average Bonchev–Trinajstić information content (AvgIpc) is 2.03. The first-order valence-electron chi connectivity index (χ1n) is 3.09. The van der Waals surface area contributed by atoms with Crippen molar-refractivity contribution in [3.63, 3.8) is 0 Å². The van der Waals surface area contributed by atoms with Crippen LogP contribution in [0.5, 0.6) is 5.88 Å². The summed E-state index contributed by atoms with van der Waals surface area (Å²) in [4.78, 5) is 16.9. The third-order valence-electron chi connectivity index (χ3n) is 1.04. The summed E-state index contributed by atoms with van der Waals surface area (Å²) >= 11 is 0. The van der Waals surface area contributed by atoms with Crippen molar-refractivity contribution in [2.45, 2.75) is 6.61 Å². The Labute approximate surface area is 71.0 Å². The summed E-state index contributed by atoms with van der Waals surface area (Å²) in [5, 5.41) is 8.40. The van der Waals surface area contributed by atoms with Gasteiger partial charge in [-0.25, -0.2) is 9.78 Å². The number of nitrogens with zero attached hydrogens (tertiary/aromatic N) is 2. The van der Waals surface area contributed by atoms with Gasteiger partial charge in [0.15, 0.2) is 5.69 Å². The van der Waals surface area contributed by atoms with Gasteiger partial charge in [-0.2, -0.15) is 8.78 Å². The molecular weight excluding hydrogens is 186 g/mol. The van der Waals surface area contributed by atoms with E-state index < -0.39 is 24.2 Å². The number of halogens is 2. The molecule has 1 aromatic heterocycles. The molecule has 0 aliphatic carbocycles. The van der Waals surface area contributed by atoms with E-state index in [4.69, 9.17) is 5.11 Å². The lowest BCUT2D eigenvalue weighted by Crippen LogP contribution is -2.07. The number of hydrogen-bond donors (Lipinski definition) is 1. The van der Waals surface area contributed by atoms with Gasteiger partial charge >= 0.3 is 12.6 Å². The van der Waals surface area contributed by atoms with Crippen LogP contribution in [-0.4, -0.2) is 27.7 Å². The highest BCUT2D eigenvalue weighted by atomic mass is 19.3. The van der Waals surface area contributed by atoms with Crippen LogP contribution in [0.4, 0.5) is 8.78 Å². The van der Waals surface area contributed by atoms with Crippen LogP contribution in [0, 0.1) is 0 Å². The predicted molar refractivity (Wildman–Crippen MR) is 35.6 cm³/mol. The molecule has 0 saturated heterocycles. The number of alkyl halides is 2. The van der Waals surface area contributed by atoms with Crippen LogP contribution in [0.3, 0.4) is 0 Å². The Morgan fingerprint density at radius 1 is 1.54 bits per heavy atom. The minimum absolute atomic E-state index is 0.446. The van der Waals surface area contributed by atoms with Crippen LogP contribution in [0.1, 0.15) is 10.5 Å². The van der Waals surface area contributed by atoms with Crippen LogP contribution < -0.4 is 4.74 Å². The predicted octanol–water partition coefficient (Wildman–Crippen LogP) is 0.776. The first kappa shape index (κ1) is 9.30. The van der Waals surface area contributed by atoms with Crippen molar-refractivity contribution in [1.29, 1.82) is 0 Å².